The molecular formula is C11H13Cl2NO2. The van der Waals surface area contributed by atoms with Crippen molar-refractivity contribution in [3.63, 3.8) is 0 Å². The maximum absolute atomic E-state index is 10.4. The number of benzene rings is 1. The Morgan fingerprint density at radius 2 is 2.12 bits per heavy atom. The van der Waals surface area contributed by atoms with Crippen LogP contribution >= 0.6 is 23.2 Å². The normalized spacial score (nSPS) is 12.2. The van der Waals surface area contributed by atoms with Gasteiger partial charge >= 0.3 is 5.97 Å². The highest BCUT2D eigenvalue weighted by Crippen LogP contribution is 2.25. The summed E-state index contributed by atoms with van der Waals surface area (Å²) >= 11 is 11.6. The molecule has 0 heterocycles. The van der Waals surface area contributed by atoms with Gasteiger partial charge in [-0.15, -0.1) is 0 Å². The average molecular weight is 262 g/mol. The maximum Gasteiger partial charge on any atom is 0.303 e. The van der Waals surface area contributed by atoms with E-state index in [9.17, 15) is 4.79 Å². The Balaban J connectivity index is 2.52. The lowest BCUT2D eigenvalue weighted by molar-refractivity contribution is -0.137. The first-order valence-corrected chi connectivity index (χ1v) is 5.68. The van der Waals surface area contributed by atoms with Gasteiger partial charge in [0.25, 0.3) is 0 Å². The van der Waals surface area contributed by atoms with E-state index in [0.717, 1.165) is 5.69 Å². The summed E-state index contributed by atoms with van der Waals surface area (Å²) in [7, 11) is 0. The number of aliphatic carboxylic acids is 1. The minimum atomic E-state index is -0.789. The van der Waals surface area contributed by atoms with Crippen molar-refractivity contribution in [3.05, 3.63) is 28.2 Å². The second-order valence-electron chi connectivity index (χ2n) is 3.61. The molecule has 1 rings (SSSR count). The zero-order chi connectivity index (χ0) is 12.1. The summed E-state index contributed by atoms with van der Waals surface area (Å²) in [6.45, 7) is 1.92. The lowest BCUT2D eigenvalue weighted by atomic mass is 10.1. The molecule has 16 heavy (non-hydrogen) atoms. The number of halogens is 2. The third-order valence-electron chi connectivity index (χ3n) is 2.12. The van der Waals surface area contributed by atoms with Crippen LogP contribution in [0, 0.1) is 0 Å². The molecule has 1 aromatic rings. The van der Waals surface area contributed by atoms with Crippen molar-refractivity contribution in [3.8, 4) is 0 Å². The highest BCUT2D eigenvalue weighted by atomic mass is 35.5. The van der Waals surface area contributed by atoms with Gasteiger partial charge in [-0.1, -0.05) is 23.2 Å². The van der Waals surface area contributed by atoms with E-state index in [1.807, 2.05) is 13.0 Å². The molecule has 1 unspecified atom stereocenters. The predicted molar refractivity (Wildman–Crippen MR) is 66.4 cm³/mol. The largest absolute Gasteiger partial charge is 0.481 e. The van der Waals surface area contributed by atoms with Crippen molar-refractivity contribution in [2.75, 3.05) is 5.32 Å². The highest BCUT2D eigenvalue weighted by molar-refractivity contribution is 6.42. The monoisotopic (exact) mass is 261 g/mol. The second-order valence-corrected chi connectivity index (χ2v) is 4.42. The van der Waals surface area contributed by atoms with E-state index in [4.69, 9.17) is 28.3 Å². The van der Waals surface area contributed by atoms with Crippen LogP contribution in [0.2, 0.25) is 10.0 Å². The van der Waals surface area contributed by atoms with Crippen molar-refractivity contribution in [2.45, 2.75) is 25.8 Å². The molecule has 88 valence electrons. The summed E-state index contributed by atoms with van der Waals surface area (Å²) in [6, 6.07) is 5.32. The molecule has 1 atom stereocenters. The summed E-state index contributed by atoms with van der Waals surface area (Å²) in [5.41, 5.74) is 0.840. The van der Waals surface area contributed by atoms with Crippen molar-refractivity contribution in [1.29, 1.82) is 0 Å². The van der Waals surface area contributed by atoms with E-state index in [1.54, 1.807) is 12.1 Å². The standard InChI is InChI=1S/C11H13Cl2NO2/c1-7(2-5-11(15)16)14-8-3-4-9(12)10(13)6-8/h3-4,6-7,14H,2,5H2,1H3,(H,15,16). The number of hydrogen-bond donors (Lipinski definition) is 2. The maximum atomic E-state index is 10.4. The lowest BCUT2D eigenvalue weighted by Gasteiger charge is -2.14. The average Bonchev–Trinajstić information content (AvgIpc) is 2.21. The molecule has 5 heteroatoms. The minimum absolute atomic E-state index is 0.0772. The van der Waals surface area contributed by atoms with E-state index in [0.29, 0.717) is 16.5 Å². The molecule has 0 fully saturated rings. The summed E-state index contributed by atoms with van der Waals surface area (Å²) in [6.07, 6.45) is 0.713. The topological polar surface area (TPSA) is 49.3 Å². The van der Waals surface area contributed by atoms with E-state index in [2.05, 4.69) is 5.32 Å². The van der Waals surface area contributed by atoms with Gasteiger partial charge in [-0.25, -0.2) is 0 Å². The number of rotatable bonds is 5. The number of carbonyl (C=O) groups is 1. The first kappa shape index (κ1) is 13.1. The first-order chi connectivity index (χ1) is 7.49. The molecule has 3 nitrogen and oxygen atoms in total. The van der Waals surface area contributed by atoms with Crippen LogP contribution in [0.25, 0.3) is 0 Å². The molecule has 0 aliphatic rings. The van der Waals surface area contributed by atoms with Gasteiger partial charge in [0.05, 0.1) is 10.0 Å². The molecule has 0 saturated heterocycles. The Bertz CT molecular complexity index is 382. The minimum Gasteiger partial charge on any atom is -0.481 e. The third-order valence-corrected chi connectivity index (χ3v) is 2.86. The van der Waals surface area contributed by atoms with Crippen LogP contribution < -0.4 is 5.32 Å². The molecule has 0 spiro atoms. The number of nitrogens with one attached hydrogen (secondary N) is 1. The van der Waals surface area contributed by atoms with Crippen LogP contribution in [-0.4, -0.2) is 17.1 Å². The Morgan fingerprint density at radius 3 is 2.69 bits per heavy atom. The SMILES string of the molecule is CC(CCC(=O)O)Nc1ccc(Cl)c(Cl)c1. The van der Waals surface area contributed by atoms with Gasteiger partial charge in [0.15, 0.2) is 0 Å². The third kappa shape index (κ3) is 4.29. The Morgan fingerprint density at radius 1 is 1.44 bits per heavy atom. The van der Waals surface area contributed by atoms with Crippen molar-refractivity contribution < 1.29 is 9.90 Å². The Kier molecular flexibility index (Phi) is 4.90. The number of carboxylic acids is 1. The van der Waals surface area contributed by atoms with Crippen molar-refractivity contribution in [1.82, 2.24) is 0 Å². The van der Waals surface area contributed by atoms with E-state index < -0.39 is 5.97 Å². The zero-order valence-corrected chi connectivity index (χ0v) is 10.3. The van der Waals surface area contributed by atoms with Crippen LogP contribution in [0.15, 0.2) is 18.2 Å². The molecule has 0 amide bonds. The summed E-state index contributed by atoms with van der Waals surface area (Å²) in [5.74, 6) is -0.789. The van der Waals surface area contributed by atoms with E-state index >= 15 is 0 Å². The predicted octanol–water partition coefficient (Wildman–Crippen LogP) is 3.66. The number of carboxylic acid groups (broad SMARTS) is 1. The fraction of sp³-hybridized carbons (Fsp3) is 0.364. The molecule has 0 aliphatic carbocycles. The zero-order valence-electron chi connectivity index (χ0n) is 8.84. The van der Waals surface area contributed by atoms with Crippen LogP contribution in [0.1, 0.15) is 19.8 Å². The fourth-order valence-corrected chi connectivity index (χ4v) is 1.58. The number of hydrogen-bond acceptors (Lipinski definition) is 2. The molecule has 0 aliphatic heterocycles. The van der Waals surface area contributed by atoms with Gasteiger partial charge in [0.2, 0.25) is 0 Å². The van der Waals surface area contributed by atoms with Crippen LogP contribution in [0.4, 0.5) is 5.69 Å². The quantitative estimate of drug-likeness (QED) is 0.851. The van der Waals surface area contributed by atoms with Crippen LogP contribution in [0.5, 0.6) is 0 Å². The van der Waals surface area contributed by atoms with Crippen molar-refractivity contribution in [2.24, 2.45) is 0 Å². The molecule has 0 radical (unpaired) electrons. The lowest BCUT2D eigenvalue weighted by Crippen LogP contribution is -2.16. The second kappa shape index (κ2) is 5.97. The Hall–Kier alpha value is -0.930. The van der Waals surface area contributed by atoms with Gasteiger partial charge in [0, 0.05) is 18.2 Å². The molecular weight excluding hydrogens is 249 g/mol. The molecule has 1 aromatic carbocycles. The van der Waals surface area contributed by atoms with Crippen LogP contribution in [0.3, 0.4) is 0 Å². The van der Waals surface area contributed by atoms with E-state index in [-0.39, 0.29) is 12.5 Å². The number of anilines is 1. The highest BCUT2D eigenvalue weighted by Gasteiger charge is 2.06. The first-order valence-electron chi connectivity index (χ1n) is 4.92. The van der Waals surface area contributed by atoms with Crippen molar-refractivity contribution >= 4 is 34.9 Å². The molecule has 0 bridgehead atoms. The molecule has 0 aromatic heterocycles. The van der Waals surface area contributed by atoms with E-state index in [1.165, 1.54) is 0 Å². The van der Waals surface area contributed by atoms with Gasteiger partial charge in [0.1, 0.15) is 0 Å². The summed E-state index contributed by atoms with van der Waals surface area (Å²) in [4.78, 5) is 10.4. The van der Waals surface area contributed by atoms with Crippen LogP contribution in [-0.2, 0) is 4.79 Å². The summed E-state index contributed by atoms with van der Waals surface area (Å²) in [5, 5.41) is 12.7. The smallest absolute Gasteiger partial charge is 0.303 e. The fourth-order valence-electron chi connectivity index (χ4n) is 1.28. The Labute approximate surface area is 104 Å². The van der Waals surface area contributed by atoms with Gasteiger partial charge in [-0.05, 0) is 31.5 Å². The van der Waals surface area contributed by atoms with Gasteiger partial charge < -0.3 is 10.4 Å². The van der Waals surface area contributed by atoms with Gasteiger partial charge in [-0.3, -0.25) is 4.79 Å². The van der Waals surface area contributed by atoms with Gasteiger partial charge in [-0.2, -0.15) is 0 Å². The molecule has 0 saturated carbocycles. The summed E-state index contributed by atoms with van der Waals surface area (Å²) < 4.78 is 0. The molecule has 2 N–H and O–H groups in total.